The molecule has 0 aliphatic carbocycles. The predicted octanol–water partition coefficient (Wildman–Crippen LogP) is 1.68. The summed E-state index contributed by atoms with van der Waals surface area (Å²) in [7, 11) is 3.04. The number of hydrogen-bond acceptors (Lipinski definition) is 7. The molecule has 1 rings (SSSR count). The number of carbonyl (C=O) groups is 1. The Morgan fingerprint density at radius 2 is 1.71 bits per heavy atom. The fourth-order valence-electron chi connectivity index (χ4n) is 2.43. The van der Waals surface area contributed by atoms with Crippen molar-refractivity contribution in [2.45, 2.75) is 59.2 Å². The highest BCUT2D eigenvalue weighted by molar-refractivity contribution is 5.77. The van der Waals surface area contributed by atoms with Crippen LogP contribution in [0.2, 0.25) is 0 Å². The van der Waals surface area contributed by atoms with Gasteiger partial charge in [-0.15, -0.1) is 0 Å². The summed E-state index contributed by atoms with van der Waals surface area (Å²) in [6, 6.07) is 0. The maximum Gasteiger partial charge on any atom is 0.313 e. The molecule has 0 aromatic carbocycles. The molecular formula is C17H33NO6. The summed E-state index contributed by atoms with van der Waals surface area (Å²) in [6.45, 7) is 11.7. The van der Waals surface area contributed by atoms with E-state index in [1.807, 2.05) is 27.7 Å². The van der Waals surface area contributed by atoms with Crippen LogP contribution in [0.3, 0.4) is 0 Å². The molecule has 1 aliphatic heterocycles. The molecule has 7 nitrogen and oxygen atoms in total. The predicted molar refractivity (Wildman–Crippen MR) is 89.2 cm³/mol. The van der Waals surface area contributed by atoms with Crippen molar-refractivity contribution in [1.82, 2.24) is 0 Å². The molecule has 0 bridgehead atoms. The van der Waals surface area contributed by atoms with Crippen molar-refractivity contribution < 1.29 is 28.5 Å². The highest BCUT2D eigenvalue weighted by Gasteiger charge is 2.54. The summed E-state index contributed by atoms with van der Waals surface area (Å²) in [5.41, 5.74) is 4.72. The number of carbonyl (C=O) groups excluding carboxylic acids is 1. The largest absolute Gasteiger partial charge is 0.462 e. The zero-order valence-electron chi connectivity index (χ0n) is 16.2. The van der Waals surface area contributed by atoms with E-state index >= 15 is 0 Å². The van der Waals surface area contributed by atoms with Crippen LogP contribution in [0.5, 0.6) is 0 Å². The highest BCUT2D eigenvalue weighted by atomic mass is 16.8. The van der Waals surface area contributed by atoms with E-state index in [1.165, 1.54) is 14.2 Å². The zero-order valence-corrected chi connectivity index (χ0v) is 16.2. The van der Waals surface area contributed by atoms with E-state index in [1.54, 1.807) is 13.8 Å². The third kappa shape index (κ3) is 3.75. The Balaban J connectivity index is 2.74. The van der Waals surface area contributed by atoms with Gasteiger partial charge >= 0.3 is 5.97 Å². The summed E-state index contributed by atoms with van der Waals surface area (Å²) in [5, 5.41) is 0. The average Bonchev–Trinajstić information content (AvgIpc) is 2.53. The number of hydrogen-bond donors (Lipinski definition) is 1. The summed E-state index contributed by atoms with van der Waals surface area (Å²) in [4.78, 5) is 12.5. The second-order valence-corrected chi connectivity index (χ2v) is 7.74. The molecule has 1 saturated heterocycles. The van der Waals surface area contributed by atoms with Crippen LogP contribution < -0.4 is 5.73 Å². The van der Waals surface area contributed by atoms with Crippen molar-refractivity contribution in [2.75, 3.05) is 34.0 Å². The standard InChI is InChI=1S/C17H33NO6/c1-14(2,3)15(4,11-18)13(19)22-9-12-10-23-16(5,20-7)17(6,21-8)24-12/h12H,9-11,18H2,1-8H3. The Morgan fingerprint density at radius 1 is 1.17 bits per heavy atom. The van der Waals surface area contributed by atoms with Crippen LogP contribution in [0.25, 0.3) is 0 Å². The van der Waals surface area contributed by atoms with Gasteiger partial charge in [0.25, 0.3) is 0 Å². The summed E-state index contributed by atoms with van der Waals surface area (Å²) < 4.78 is 28.0. The molecule has 0 aromatic rings. The van der Waals surface area contributed by atoms with Crippen LogP contribution in [0.4, 0.5) is 0 Å². The quantitative estimate of drug-likeness (QED) is 0.731. The molecule has 1 fully saturated rings. The van der Waals surface area contributed by atoms with E-state index in [-0.39, 0.29) is 31.1 Å². The number of nitrogens with two attached hydrogens (primary N) is 1. The van der Waals surface area contributed by atoms with Crippen LogP contribution in [-0.2, 0) is 28.5 Å². The normalized spacial score (nSPS) is 33.8. The van der Waals surface area contributed by atoms with E-state index in [0.29, 0.717) is 0 Å². The first-order valence-corrected chi connectivity index (χ1v) is 8.18. The van der Waals surface area contributed by atoms with Crippen molar-refractivity contribution in [2.24, 2.45) is 16.6 Å². The van der Waals surface area contributed by atoms with Crippen molar-refractivity contribution in [3.8, 4) is 0 Å². The van der Waals surface area contributed by atoms with Gasteiger partial charge in [-0.05, 0) is 26.2 Å². The number of rotatable bonds is 6. The molecule has 0 aromatic heterocycles. The smallest absolute Gasteiger partial charge is 0.313 e. The van der Waals surface area contributed by atoms with Crippen LogP contribution in [-0.4, -0.2) is 57.6 Å². The Kier molecular flexibility index (Phi) is 6.44. The lowest BCUT2D eigenvalue weighted by molar-refractivity contribution is -0.432. The van der Waals surface area contributed by atoms with E-state index in [9.17, 15) is 4.79 Å². The van der Waals surface area contributed by atoms with E-state index in [0.717, 1.165) is 0 Å². The topological polar surface area (TPSA) is 89.2 Å². The molecule has 4 unspecified atom stereocenters. The van der Waals surface area contributed by atoms with Crippen molar-refractivity contribution in [1.29, 1.82) is 0 Å². The highest BCUT2D eigenvalue weighted by Crippen LogP contribution is 2.39. The third-order valence-electron chi connectivity index (χ3n) is 5.45. The lowest BCUT2D eigenvalue weighted by atomic mass is 9.68. The first-order valence-electron chi connectivity index (χ1n) is 8.18. The first-order chi connectivity index (χ1) is 10.9. The van der Waals surface area contributed by atoms with Gasteiger partial charge in [-0.1, -0.05) is 20.8 Å². The molecule has 142 valence electrons. The summed E-state index contributed by atoms with van der Waals surface area (Å²) in [5.74, 6) is -2.50. The minimum Gasteiger partial charge on any atom is -0.462 e. The van der Waals surface area contributed by atoms with Gasteiger partial charge < -0.3 is 29.4 Å². The first kappa shape index (κ1) is 21.3. The number of methoxy groups -OCH3 is 2. The zero-order chi connectivity index (χ0) is 18.8. The Labute approximate surface area is 145 Å². The lowest BCUT2D eigenvalue weighted by Crippen LogP contribution is -2.63. The van der Waals surface area contributed by atoms with Gasteiger partial charge in [0.15, 0.2) is 0 Å². The van der Waals surface area contributed by atoms with Crippen LogP contribution in [0.15, 0.2) is 0 Å². The monoisotopic (exact) mass is 347 g/mol. The second kappa shape index (κ2) is 7.25. The van der Waals surface area contributed by atoms with Gasteiger partial charge in [-0.3, -0.25) is 4.79 Å². The molecule has 7 heteroatoms. The van der Waals surface area contributed by atoms with E-state index in [2.05, 4.69) is 0 Å². The van der Waals surface area contributed by atoms with Crippen LogP contribution >= 0.6 is 0 Å². The second-order valence-electron chi connectivity index (χ2n) is 7.74. The van der Waals surface area contributed by atoms with Gasteiger partial charge in [-0.25, -0.2) is 0 Å². The minimum atomic E-state index is -1.11. The van der Waals surface area contributed by atoms with Gasteiger partial charge in [-0.2, -0.15) is 0 Å². The van der Waals surface area contributed by atoms with Gasteiger partial charge in [0.2, 0.25) is 11.6 Å². The van der Waals surface area contributed by atoms with Crippen molar-refractivity contribution >= 4 is 5.97 Å². The fourth-order valence-corrected chi connectivity index (χ4v) is 2.43. The Bertz CT molecular complexity index is 451. The summed E-state index contributed by atoms with van der Waals surface area (Å²) >= 11 is 0. The summed E-state index contributed by atoms with van der Waals surface area (Å²) in [6.07, 6.45) is -0.455. The van der Waals surface area contributed by atoms with Crippen LogP contribution in [0.1, 0.15) is 41.5 Å². The Hall–Kier alpha value is -0.730. The molecule has 4 atom stereocenters. The minimum absolute atomic E-state index is 0.0588. The SMILES string of the molecule is COC1(C)OCC(COC(=O)C(C)(CN)C(C)(C)C)OC1(C)OC. The molecule has 1 aliphatic rings. The average molecular weight is 347 g/mol. The molecule has 24 heavy (non-hydrogen) atoms. The molecule has 0 spiro atoms. The van der Waals surface area contributed by atoms with Gasteiger partial charge in [0.1, 0.15) is 12.7 Å². The van der Waals surface area contributed by atoms with Crippen LogP contribution in [0, 0.1) is 10.8 Å². The van der Waals surface area contributed by atoms with E-state index in [4.69, 9.17) is 29.4 Å². The molecular weight excluding hydrogens is 314 g/mol. The molecule has 1 heterocycles. The Morgan fingerprint density at radius 3 is 2.12 bits per heavy atom. The van der Waals surface area contributed by atoms with Gasteiger partial charge in [0, 0.05) is 20.8 Å². The van der Waals surface area contributed by atoms with Crippen molar-refractivity contribution in [3.05, 3.63) is 0 Å². The molecule has 2 N–H and O–H groups in total. The number of esters is 1. The van der Waals surface area contributed by atoms with Gasteiger partial charge in [0.05, 0.1) is 12.0 Å². The van der Waals surface area contributed by atoms with E-state index < -0.39 is 23.1 Å². The van der Waals surface area contributed by atoms with Crippen molar-refractivity contribution in [3.63, 3.8) is 0 Å². The maximum atomic E-state index is 12.5. The number of ether oxygens (including phenoxy) is 5. The molecule has 0 saturated carbocycles. The third-order valence-corrected chi connectivity index (χ3v) is 5.45. The molecule has 0 radical (unpaired) electrons. The molecule has 0 amide bonds. The fraction of sp³-hybridized carbons (Fsp3) is 0.941. The maximum absolute atomic E-state index is 12.5. The lowest BCUT2D eigenvalue weighted by Gasteiger charge is -2.48.